The number of alkyl halides is 3. The van der Waals surface area contributed by atoms with Gasteiger partial charge in [0.15, 0.2) is 0 Å². The van der Waals surface area contributed by atoms with Crippen LogP contribution in [0.15, 0.2) is 16.5 Å². The zero-order valence-electron chi connectivity index (χ0n) is 10.9. The number of rotatable bonds is 8. The zero-order valence-corrected chi connectivity index (χ0v) is 10.9. The van der Waals surface area contributed by atoms with Crippen LogP contribution in [0.3, 0.4) is 0 Å². The van der Waals surface area contributed by atoms with Gasteiger partial charge in [0.05, 0.1) is 12.6 Å². The van der Waals surface area contributed by atoms with Crippen molar-refractivity contribution in [1.82, 2.24) is 5.32 Å². The van der Waals surface area contributed by atoms with Crippen LogP contribution >= 0.6 is 0 Å². The number of methoxy groups -OCH3 is 1. The molecule has 0 aliphatic rings. The maximum atomic E-state index is 12.0. The fraction of sp³-hybridized carbons (Fsp3) is 0.667. The minimum atomic E-state index is -4.32. The summed E-state index contributed by atoms with van der Waals surface area (Å²) < 4.78 is 51.1. The second kappa shape index (κ2) is 7.52. The third-order valence-electron chi connectivity index (χ3n) is 2.31. The Balaban J connectivity index is 2.55. The minimum Gasteiger partial charge on any atom is -0.462 e. The van der Waals surface area contributed by atoms with E-state index in [4.69, 9.17) is 9.15 Å². The van der Waals surface area contributed by atoms with E-state index >= 15 is 0 Å². The highest BCUT2D eigenvalue weighted by atomic mass is 19.4. The van der Waals surface area contributed by atoms with Gasteiger partial charge in [-0.05, 0) is 18.7 Å². The van der Waals surface area contributed by atoms with E-state index in [0.29, 0.717) is 24.7 Å². The first-order chi connectivity index (χ1) is 8.96. The lowest BCUT2D eigenvalue weighted by atomic mass is 10.2. The van der Waals surface area contributed by atoms with Crippen molar-refractivity contribution in [2.75, 3.05) is 26.9 Å². The molecule has 0 fully saturated rings. The molecule has 1 atom stereocenters. The topological polar surface area (TPSA) is 43.6 Å². The fourth-order valence-electron chi connectivity index (χ4n) is 1.58. The molecule has 0 aliphatic heterocycles. The molecule has 0 spiro atoms. The SMILES string of the molecule is CCNC(COCC(F)(F)F)c1ccc(COC)o1. The van der Waals surface area contributed by atoms with Crippen molar-refractivity contribution < 1.29 is 27.1 Å². The first-order valence-electron chi connectivity index (χ1n) is 5.91. The van der Waals surface area contributed by atoms with Crippen molar-refractivity contribution in [3.8, 4) is 0 Å². The quantitative estimate of drug-likeness (QED) is 0.795. The number of furan rings is 1. The molecule has 1 aromatic rings. The second-order valence-electron chi connectivity index (χ2n) is 3.98. The average Bonchev–Trinajstić information content (AvgIpc) is 2.75. The lowest BCUT2D eigenvalue weighted by Gasteiger charge is -2.16. The predicted molar refractivity (Wildman–Crippen MR) is 62.7 cm³/mol. The van der Waals surface area contributed by atoms with Crippen LogP contribution in [0.4, 0.5) is 13.2 Å². The van der Waals surface area contributed by atoms with Gasteiger partial charge in [0.25, 0.3) is 0 Å². The molecule has 1 rings (SSSR count). The third kappa shape index (κ3) is 6.09. The molecule has 0 amide bonds. The molecular formula is C12H18F3NO3. The van der Waals surface area contributed by atoms with Crippen molar-refractivity contribution in [2.24, 2.45) is 0 Å². The van der Waals surface area contributed by atoms with Crippen molar-refractivity contribution in [3.63, 3.8) is 0 Å². The number of likely N-dealkylation sites (N-methyl/N-ethyl adjacent to an activating group) is 1. The Morgan fingerprint density at radius 2 is 2.11 bits per heavy atom. The summed E-state index contributed by atoms with van der Waals surface area (Å²) in [4.78, 5) is 0. The summed E-state index contributed by atoms with van der Waals surface area (Å²) in [5.41, 5.74) is 0. The Morgan fingerprint density at radius 3 is 2.68 bits per heavy atom. The molecular weight excluding hydrogens is 263 g/mol. The van der Waals surface area contributed by atoms with Gasteiger partial charge in [0, 0.05) is 7.11 Å². The number of ether oxygens (including phenoxy) is 2. The number of hydrogen-bond acceptors (Lipinski definition) is 4. The van der Waals surface area contributed by atoms with E-state index < -0.39 is 18.8 Å². The van der Waals surface area contributed by atoms with E-state index in [9.17, 15) is 13.2 Å². The summed E-state index contributed by atoms with van der Waals surface area (Å²) in [5, 5.41) is 3.01. The van der Waals surface area contributed by atoms with E-state index in [1.807, 2.05) is 6.92 Å². The van der Waals surface area contributed by atoms with Crippen LogP contribution < -0.4 is 5.32 Å². The summed E-state index contributed by atoms with van der Waals surface area (Å²) >= 11 is 0. The molecule has 0 aliphatic carbocycles. The summed E-state index contributed by atoms with van der Waals surface area (Å²) in [5.74, 6) is 1.16. The van der Waals surface area contributed by atoms with Crippen LogP contribution in [0.25, 0.3) is 0 Å². The van der Waals surface area contributed by atoms with Crippen molar-refractivity contribution in [2.45, 2.75) is 25.7 Å². The molecule has 0 aromatic carbocycles. The number of nitrogens with one attached hydrogen (secondary N) is 1. The zero-order chi connectivity index (χ0) is 14.3. The van der Waals surface area contributed by atoms with Crippen molar-refractivity contribution in [1.29, 1.82) is 0 Å². The highest BCUT2D eigenvalue weighted by molar-refractivity contribution is 5.10. The molecule has 4 nitrogen and oxygen atoms in total. The molecule has 0 radical (unpaired) electrons. The second-order valence-corrected chi connectivity index (χ2v) is 3.98. The average molecular weight is 281 g/mol. The normalized spacial score (nSPS) is 13.7. The Kier molecular flexibility index (Phi) is 6.33. The smallest absolute Gasteiger partial charge is 0.411 e. The lowest BCUT2D eigenvalue weighted by molar-refractivity contribution is -0.175. The molecule has 110 valence electrons. The maximum Gasteiger partial charge on any atom is 0.411 e. The lowest BCUT2D eigenvalue weighted by Crippen LogP contribution is -2.27. The summed E-state index contributed by atoms with van der Waals surface area (Å²) in [6.07, 6.45) is -4.32. The van der Waals surface area contributed by atoms with Gasteiger partial charge in [-0.15, -0.1) is 0 Å². The van der Waals surface area contributed by atoms with E-state index in [1.54, 1.807) is 12.1 Å². The number of halogens is 3. The van der Waals surface area contributed by atoms with Gasteiger partial charge in [-0.25, -0.2) is 0 Å². The van der Waals surface area contributed by atoms with Gasteiger partial charge < -0.3 is 19.2 Å². The van der Waals surface area contributed by atoms with Gasteiger partial charge in [0.2, 0.25) is 0 Å². The van der Waals surface area contributed by atoms with Crippen LogP contribution in [-0.2, 0) is 16.1 Å². The molecule has 7 heteroatoms. The van der Waals surface area contributed by atoms with Crippen LogP contribution in [0.5, 0.6) is 0 Å². The van der Waals surface area contributed by atoms with Gasteiger partial charge in [0.1, 0.15) is 24.7 Å². The molecule has 19 heavy (non-hydrogen) atoms. The molecule has 1 N–H and O–H groups in total. The highest BCUT2D eigenvalue weighted by Crippen LogP contribution is 2.20. The molecule has 0 saturated heterocycles. The van der Waals surface area contributed by atoms with Crippen molar-refractivity contribution >= 4 is 0 Å². The third-order valence-corrected chi connectivity index (χ3v) is 2.31. The molecule has 1 aromatic heterocycles. The summed E-state index contributed by atoms with van der Waals surface area (Å²) in [6.45, 7) is 1.41. The summed E-state index contributed by atoms with van der Waals surface area (Å²) in [6, 6.07) is 3.03. The van der Waals surface area contributed by atoms with Gasteiger partial charge in [-0.3, -0.25) is 0 Å². The van der Waals surface area contributed by atoms with Crippen LogP contribution in [0.1, 0.15) is 24.5 Å². The van der Waals surface area contributed by atoms with E-state index in [-0.39, 0.29) is 6.61 Å². The number of hydrogen-bond donors (Lipinski definition) is 1. The maximum absolute atomic E-state index is 12.0. The van der Waals surface area contributed by atoms with Gasteiger partial charge >= 0.3 is 6.18 Å². The Bertz CT molecular complexity index is 365. The van der Waals surface area contributed by atoms with Gasteiger partial charge in [-0.2, -0.15) is 13.2 Å². The van der Waals surface area contributed by atoms with E-state index in [2.05, 4.69) is 10.1 Å². The molecule has 0 saturated carbocycles. The van der Waals surface area contributed by atoms with E-state index in [0.717, 1.165) is 0 Å². The van der Waals surface area contributed by atoms with Crippen molar-refractivity contribution in [3.05, 3.63) is 23.7 Å². The van der Waals surface area contributed by atoms with E-state index in [1.165, 1.54) is 7.11 Å². The first-order valence-corrected chi connectivity index (χ1v) is 5.91. The standard InChI is InChI=1S/C12H18F3NO3/c1-3-16-10(7-18-8-12(13,14)15)11-5-4-9(19-11)6-17-2/h4-5,10,16H,3,6-8H2,1-2H3. The molecule has 1 heterocycles. The van der Waals surface area contributed by atoms with Crippen LogP contribution in [0.2, 0.25) is 0 Å². The predicted octanol–water partition coefficient (Wildman–Crippen LogP) is 2.66. The van der Waals surface area contributed by atoms with Crippen LogP contribution in [-0.4, -0.2) is 33.0 Å². The van der Waals surface area contributed by atoms with Gasteiger partial charge in [-0.1, -0.05) is 6.92 Å². The highest BCUT2D eigenvalue weighted by Gasteiger charge is 2.28. The fourth-order valence-corrected chi connectivity index (χ4v) is 1.58. The monoisotopic (exact) mass is 281 g/mol. The Labute approximate surface area is 109 Å². The minimum absolute atomic E-state index is 0.104. The molecule has 1 unspecified atom stereocenters. The Hall–Kier alpha value is -1.05. The largest absolute Gasteiger partial charge is 0.462 e. The summed E-state index contributed by atoms with van der Waals surface area (Å²) in [7, 11) is 1.54. The van der Waals surface area contributed by atoms with Crippen LogP contribution in [0, 0.1) is 0 Å². The molecule has 0 bridgehead atoms. The Morgan fingerprint density at radius 1 is 1.37 bits per heavy atom. The first kappa shape index (κ1) is 16.0.